The van der Waals surface area contributed by atoms with Crippen molar-refractivity contribution in [1.29, 1.82) is 0 Å². The number of rotatable bonds is 5. The molecule has 1 aliphatic rings. The Morgan fingerprint density at radius 3 is 2.50 bits per heavy atom. The van der Waals surface area contributed by atoms with Crippen LogP contribution in [0, 0.1) is 0 Å². The molecule has 0 bridgehead atoms. The normalized spacial score (nSPS) is 15.4. The van der Waals surface area contributed by atoms with Gasteiger partial charge in [-0.1, -0.05) is 41.9 Å². The molecule has 2 aromatic carbocycles. The van der Waals surface area contributed by atoms with E-state index in [2.05, 4.69) is 34.3 Å². The number of amides is 1. The first-order chi connectivity index (χ1) is 12.6. The van der Waals surface area contributed by atoms with Gasteiger partial charge in [-0.25, -0.2) is 0 Å². The minimum absolute atomic E-state index is 0.104. The van der Waals surface area contributed by atoms with Crippen molar-refractivity contribution in [2.75, 3.05) is 38.1 Å². The van der Waals surface area contributed by atoms with Crippen LogP contribution in [0.1, 0.15) is 11.1 Å². The molecule has 0 aromatic heterocycles. The summed E-state index contributed by atoms with van der Waals surface area (Å²) in [5, 5.41) is 3.60. The molecule has 0 aliphatic carbocycles. The van der Waals surface area contributed by atoms with Gasteiger partial charge in [0.15, 0.2) is 0 Å². The summed E-state index contributed by atoms with van der Waals surface area (Å²) in [5.41, 5.74) is 3.27. The van der Waals surface area contributed by atoms with Crippen LogP contribution in [0.15, 0.2) is 54.6 Å². The molecule has 2 aromatic rings. The Bertz CT molecular complexity index is 765. The second-order valence-electron chi connectivity index (χ2n) is 6.53. The van der Waals surface area contributed by atoms with Crippen LogP contribution in [-0.4, -0.2) is 44.0 Å². The number of piperazine rings is 1. The van der Waals surface area contributed by atoms with Crippen LogP contribution >= 0.6 is 11.6 Å². The van der Waals surface area contributed by atoms with E-state index in [0.29, 0.717) is 11.6 Å². The Balaban J connectivity index is 1.61. The van der Waals surface area contributed by atoms with Crippen molar-refractivity contribution in [3.05, 3.63) is 70.8 Å². The zero-order valence-corrected chi connectivity index (χ0v) is 15.7. The van der Waals surface area contributed by atoms with E-state index in [4.69, 9.17) is 11.6 Å². The molecule has 1 amide bonds. The van der Waals surface area contributed by atoms with Gasteiger partial charge in [0.2, 0.25) is 5.91 Å². The van der Waals surface area contributed by atoms with E-state index < -0.39 is 0 Å². The molecule has 0 atom stereocenters. The van der Waals surface area contributed by atoms with E-state index in [0.717, 1.165) is 37.3 Å². The highest BCUT2D eigenvalue weighted by atomic mass is 35.5. The first-order valence-electron chi connectivity index (χ1n) is 8.85. The third kappa shape index (κ3) is 5.10. The van der Waals surface area contributed by atoms with Crippen molar-refractivity contribution in [2.24, 2.45) is 0 Å². The average Bonchev–Trinajstić information content (AvgIpc) is 2.67. The Morgan fingerprint density at radius 1 is 1.08 bits per heavy atom. The second kappa shape index (κ2) is 8.88. The first-order valence-corrected chi connectivity index (χ1v) is 9.22. The topological polar surface area (TPSA) is 35.6 Å². The van der Waals surface area contributed by atoms with Crippen LogP contribution in [0.2, 0.25) is 5.02 Å². The molecular formula is C21H24ClN3O. The summed E-state index contributed by atoms with van der Waals surface area (Å²) in [7, 11) is 2.15. The van der Waals surface area contributed by atoms with Crippen molar-refractivity contribution in [2.45, 2.75) is 6.54 Å². The summed E-state index contributed by atoms with van der Waals surface area (Å²) in [6.45, 7) is 4.61. The molecule has 1 heterocycles. The van der Waals surface area contributed by atoms with Crippen molar-refractivity contribution < 1.29 is 4.79 Å². The number of halogens is 1. The van der Waals surface area contributed by atoms with Crippen LogP contribution in [-0.2, 0) is 11.3 Å². The number of hydrogen-bond acceptors (Lipinski definition) is 3. The monoisotopic (exact) mass is 369 g/mol. The summed E-state index contributed by atoms with van der Waals surface area (Å²) in [5.74, 6) is -0.104. The third-order valence-corrected chi connectivity index (χ3v) is 4.83. The Kier molecular flexibility index (Phi) is 6.31. The maximum absolute atomic E-state index is 12.1. The zero-order valence-electron chi connectivity index (χ0n) is 15.0. The van der Waals surface area contributed by atoms with E-state index in [1.54, 1.807) is 6.08 Å². The van der Waals surface area contributed by atoms with Crippen LogP contribution < -0.4 is 10.2 Å². The summed E-state index contributed by atoms with van der Waals surface area (Å²) in [6.07, 6.45) is 3.50. The van der Waals surface area contributed by atoms with E-state index in [1.807, 2.05) is 42.5 Å². The van der Waals surface area contributed by atoms with Crippen molar-refractivity contribution in [1.82, 2.24) is 10.2 Å². The number of para-hydroxylation sites is 1. The predicted octanol–water partition coefficient (Wildman–Crippen LogP) is 3.42. The largest absolute Gasteiger partial charge is 0.368 e. The lowest BCUT2D eigenvalue weighted by atomic mass is 10.1. The number of hydrogen-bond donors (Lipinski definition) is 1. The molecule has 1 saturated heterocycles. The van der Waals surface area contributed by atoms with Gasteiger partial charge >= 0.3 is 0 Å². The standard InChI is InChI=1S/C21H24ClN3O/c1-24-12-14-25(15-13-24)20-5-3-2-4-18(20)8-11-21(26)23-16-17-6-9-19(22)10-7-17/h2-11H,12-16H2,1H3,(H,23,26). The van der Waals surface area contributed by atoms with E-state index in [9.17, 15) is 4.79 Å². The maximum Gasteiger partial charge on any atom is 0.244 e. The van der Waals surface area contributed by atoms with Gasteiger partial charge in [0.05, 0.1) is 0 Å². The number of nitrogens with zero attached hydrogens (tertiary/aromatic N) is 2. The number of likely N-dealkylation sites (N-methyl/N-ethyl adjacent to an activating group) is 1. The molecule has 136 valence electrons. The molecule has 4 nitrogen and oxygen atoms in total. The van der Waals surface area contributed by atoms with Gasteiger partial charge in [0.25, 0.3) is 0 Å². The molecule has 5 heteroatoms. The lowest BCUT2D eigenvalue weighted by Crippen LogP contribution is -2.44. The van der Waals surface area contributed by atoms with Gasteiger partial charge in [0, 0.05) is 49.5 Å². The molecular weight excluding hydrogens is 346 g/mol. The highest BCUT2D eigenvalue weighted by molar-refractivity contribution is 6.30. The zero-order chi connectivity index (χ0) is 18.4. The van der Waals surface area contributed by atoms with Gasteiger partial charge < -0.3 is 15.1 Å². The first kappa shape index (κ1) is 18.5. The Labute approximate surface area is 160 Å². The smallest absolute Gasteiger partial charge is 0.244 e. The number of nitrogens with one attached hydrogen (secondary N) is 1. The SMILES string of the molecule is CN1CCN(c2ccccc2C=CC(=O)NCc2ccc(Cl)cc2)CC1. The van der Waals surface area contributed by atoms with Crippen LogP contribution in [0.4, 0.5) is 5.69 Å². The molecule has 0 radical (unpaired) electrons. The minimum atomic E-state index is -0.104. The molecule has 0 saturated carbocycles. The van der Waals surface area contributed by atoms with E-state index in [-0.39, 0.29) is 5.91 Å². The highest BCUT2D eigenvalue weighted by Gasteiger charge is 2.15. The maximum atomic E-state index is 12.1. The van der Waals surface area contributed by atoms with Crippen molar-refractivity contribution in [3.8, 4) is 0 Å². The quantitative estimate of drug-likeness (QED) is 0.820. The molecule has 0 unspecified atom stereocenters. The average molecular weight is 370 g/mol. The Morgan fingerprint density at radius 2 is 1.77 bits per heavy atom. The number of carbonyl (C=O) groups is 1. The van der Waals surface area contributed by atoms with Crippen LogP contribution in [0.3, 0.4) is 0 Å². The van der Waals surface area contributed by atoms with Crippen molar-refractivity contribution in [3.63, 3.8) is 0 Å². The van der Waals surface area contributed by atoms with Gasteiger partial charge in [-0.15, -0.1) is 0 Å². The number of benzene rings is 2. The number of carbonyl (C=O) groups excluding carboxylic acids is 1. The van der Waals surface area contributed by atoms with Gasteiger partial charge in [-0.3, -0.25) is 4.79 Å². The van der Waals surface area contributed by atoms with Gasteiger partial charge in [-0.2, -0.15) is 0 Å². The van der Waals surface area contributed by atoms with Crippen LogP contribution in [0.25, 0.3) is 6.08 Å². The van der Waals surface area contributed by atoms with Gasteiger partial charge in [-0.05, 0) is 42.4 Å². The summed E-state index contributed by atoms with van der Waals surface area (Å²) in [4.78, 5) is 16.9. The minimum Gasteiger partial charge on any atom is -0.368 e. The third-order valence-electron chi connectivity index (χ3n) is 4.57. The fourth-order valence-electron chi connectivity index (χ4n) is 2.98. The molecule has 0 spiro atoms. The molecule has 1 N–H and O–H groups in total. The molecule has 3 rings (SSSR count). The summed E-state index contributed by atoms with van der Waals surface area (Å²) in [6, 6.07) is 15.7. The fraction of sp³-hybridized carbons (Fsp3) is 0.286. The van der Waals surface area contributed by atoms with E-state index >= 15 is 0 Å². The predicted molar refractivity (Wildman–Crippen MR) is 108 cm³/mol. The van der Waals surface area contributed by atoms with E-state index in [1.165, 1.54) is 5.69 Å². The second-order valence-corrected chi connectivity index (χ2v) is 6.96. The molecule has 1 aliphatic heterocycles. The summed E-state index contributed by atoms with van der Waals surface area (Å²) < 4.78 is 0. The fourth-order valence-corrected chi connectivity index (χ4v) is 3.11. The summed E-state index contributed by atoms with van der Waals surface area (Å²) >= 11 is 5.87. The lowest BCUT2D eigenvalue weighted by molar-refractivity contribution is -0.116. The molecule has 26 heavy (non-hydrogen) atoms. The highest BCUT2D eigenvalue weighted by Crippen LogP contribution is 2.22. The lowest BCUT2D eigenvalue weighted by Gasteiger charge is -2.34. The number of anilines is 1. The van der Waals surface area contributed by atoms with Crippen molar-refractivity contribution >= 4 is 29.3 Å². The Hall–Kier alpha value is -2.30. The van der Waals surface area contributed by atoms with Crippen LogP contribution in [0.5, 0.6) is 0 Å². The molecule has 1 fully saturated rings. The van der Waals surface area contributed by atoms with Gasteiger partial charge in [0.1, 0.15) is 0 Å².